The SMILES string of the molecule is CC(C)c1nn(C)c2sc(C(=O)N3CCCn4nnnc43)cc12. The molecule has 120 valence electrons. The molecule has 3 aromatic heterocycles. The Kier molecular flexibility index (Phi) is 3.19. The molecule has 0 N–H and O–H groups in total. The highest BCUT2D eigenvalue weighted by atomic mass is 32.1. The Labute approximate surface area is 136 Å². The zero-order chi connectivity index (χ0) is 16.1. The number of aromatic nitrogens is 6. The molecule has 0 unspecified atom stereocenters. The first kappa shape index (κ1) is 14.3. The molecular formula is C14H17N7OS. The summed E-state index contributed by atoms with van der Waals surface area (Å²) in [6, 6.07) is 1.95. The van der Waals surface area contributed by atoms with E-state index in [1.165, 1.54) is 11.3 Å². The number of carbonyl (C=O) groups excluding carboxylic acids is 1. The van der Waals surface area contributed by atoms with Crippen molar-refractivity contribution in [2.24, 2.45) is 7.05 Å². The third-order valence-electron chi connectivity index (χ3n) is 4.05. The van der Waals surface area contributed by atoms with E-state index in [9.17, 15) is 4.79 Å². The predicted octanol–water partition coefficient (Wildman–Crippen LogP) is 1.80. The molecule has 0 bridgehead atoms. The predicted molar refractivity (Wildman–Crippen MR) is 86.8 cm³/mol. The first-order chi connectivity index (χ1) is 11.1. The molecule has 0 aliphatic carbocycles. The lowest BCUT2D eigenvalue weighted by atomic mass is 10.1. The summed E-state index contributed by atoms with van der Waals surface area (Å²) in [4.78, 5) is 16.3. The van der Waals surface area contributed by atoms with E-state index in [1.807, 2.05) is 17.8 Å². The quantitative estimate of drug-likeness (QED) is 0.715. The summed E-state index contributed by atoms with van der Waals surface area (Å²) >= 11 is 1.47. The summed E-state index contributed by atoms with van der Waals surface area (Å²) < 4.78 is 3.53. The molecule has 1 aliphatic heterocycles. The van der Waals surface area contributed by atoms with E-state index in [0.29, 0.717) is 23.3 Å². The van der Waals surface area contributed by atoms with Crippen molar-refractivity contribution in [1.82, 2.24) is 30.0 Å². The topological polar surface area (TPSA) is 81.7 Å². The van der Waals surface area contributed by atoms with Crippen LogP contribution in [0, 0.1) is 0 Å². The summed E-state index contributed by atoms with van der Waals surface area (Å²) in [5.74, 6) is 0.802. The Morgan fingerprint density at radius 1 is 1.35 bits per heavy atom. The van der Waals surface area contributed by atoms with Crippen LogP contribution >= 0.6 is 11.3 Å². The minimum Gasteiger partial charge on any atom is -0.275 e. The maximum absolute atomic E-state index is 12.9. The van der Waals surface area contributed by atoms with Crippen molar-refractivity contribution >= 4 is 33.4 Å². The van der Waals surface area contributed by atoms with Crippen molar-refractivity contribution in [2.75, 3.05) is 11.4 Å². The Hall–Kier alpha value is -2.29. The molecule has 8 nitrogen and oxygen atoms in total. The standard InChI is InChI=1S/C14H17N7OS/c1-8(2)11-9-7-10(23-13(9)19(3)16-11)12(22)20-5-4-6-21-14(20)15-17-18-21/h7-8H,4-6H2,1-3H3. The van der Waals surface area contributed by atoms with Gasteiger partial charge in [-0.15, -0.1) is 11.3 Å². The Morgan fingerprint density at radius 3 is 2.96 bits per heavy atom. The number of carbonyl (C=O) groups is 1. The van der Waals surface area contributed by atoms with Gasteiger partial charge in [0, 0.05) is 25.5 Å². The highest BCUT2D eigenvalue weighted by molar-refractivity contribution is 7.20. The van der Waals surface area contributed by atoms with Gasteiger partial charge in [0.2, 0.25) is 0 Å². The van der Waals surface area contributed by atoms with Gasteiger partial charge in [0.15, 0.2) is 0 Å². The molecule has 0 saturated carbocycles. The monoisotopic (exact) mass is 331 g/mol. The second-order valence-electron chi connectivity index (χ2n) is 6.01. The van der Waals surface area contributed by atoms with Gasteiger partial charge in [-0.05, 0) is 28.8 Å². The van der Waals surface area contributed by atoms with Crippen LogP contribution in [0.15, 0.2) is 6.07 Å². The molecule has 0 atom stereocenters. The van der Waals surface area contributed by atoms with E-state index in [2.05, 4.69) is 34.5 Å². The van der Waals surface area contributed by atoms with E-state index < -0.39 is 0 Å². The number of rotatable bonds is 2. The number of amides is 1. The first-order valence-corrected chi connectivity index (χ1v) is 8.42. The van der Waals surface area contributed by atoms with E-state index >= 15 is 0 Å². The number of hydrogen-bond donors (Lipinski definition) is 0. The van der Waals surface area contributed by atoms with Crippen molar-refractivity contribution in [2.45, 2.75) is 32.7 Å². The maximum atomic E-state index is 12.9. The summed E-state index contributed by atoms with van der Waals surface area (Å²) in [5.41, 5.74) is 1.03. The molecule has 0 spiro atoms. The number of fused-ring (bicyclic) bond motifs is 2. The average molecular weight is 331 g/mol. The molecule has 0 radical (unpaired) electrons. The van der Waals surface area contributed by atoms with Gasteiger partial charge in [-0.2, -0.15) is 5.10 Å². The molecule has 3 aromatic rings. The summed E-state index contributed by atoms with van der Waals surface area (Å²) in [6.45, 7) is 5.61. The highest BCUT2D eigenvalue weighted by Gasteiger charge is 2.28. The third kappa shape index (κ3) is 2.14. The van der Waals surface area contributed by atoms with Crippen LogP contribution in [-0.2, 0) is 13.6 Å². The lowest BCUT2D eigenvalue weighted by Crippen LogP contribution is -2.37. The third-order valence-corrected chi connectivity index (χ3v) is 5.24. The number of hydrogen-bond acceptors (Lipinski definition) is 6. The second-order valence-corrected chi connectivity index (χ2v) is 7.04. The number of nitrogens with zero attached hydrogens (tertiary/aromatic N) is 7. The van der Waals surface area contributed by atoms with Crippen molar-refractivity contribution in [3.05, 3.63) is 16.6 Å². The van der Waals surface area contributed by atoms with E-state index in [1.54, 1.807) is 9.58 Å². The van der Waals surface area contributed by atoms with E-state index in [4.69, 9.17) is 0 Å². The normalized spacial score (nSPS) is 14.7. The summed E-state index contributed by atoms with van der Waals surface area (Å²) in [5, 5.41) is 17.2. The Morgan fingerprint density at radius 2 is 2.17 bits per heavy atom. The first-order valence-electron chi connectivity index (χ1n) is 7.60. The molecule has 4 rings (SSSR count). The molecule has 0 aromatic carbocycles. The Bertz CT molecular complexity index is 890. The molecule has 0 saturated heterocycles. The van der Waals surface area contributed by atoms with E-state index in [0.717, 1.165) is 28.9 Å². The lowest BCUT2D eigenvalue weighted by molar-refractivity contribution is 0.0984. The van der Waals surface area contributed by atoms with Crippen LogP contribution in [0.4, 0.5) is 5.95 Å². The minimum atomic E-state index is -0.0448. The molecule has 23 heavy (non-hydrogen) atoms. The fourth-order valence-electron chi connectivity index (χ4n) is 2.94. The smallest absolute Gasteiger partial charge is 0.270 e. The number of aryl methyl sites for hydroxylation is 2. The van der Waals surface area contributed by atoms with Gasteiger partial charge >= 0.3 is 0 Å². The van der Waals surface area contributed by atoms with Crippen molar-refractivity contribution in [3.8, 4) is 0 Å². The second kappa shape index (κ2) is 5.12. The summed E-state index contributed by atoms with van der Waals surface area (Å²) in [6.07, 6.45) is 0.855. The van der Waals surface area contributed by atoms with Crippen molar-refractivity contribution in [3.63, 3.8) is 0 Å². The van der Waals surface area contributed by atoms with E-state index in [-0.39, 0.29) is 5.91 Å². The molecule has 4 heterocycles. The zero-order valence-corrected chi connectivity index (χ0v) is 14.0. The maximum Gasteiger partial charge on any atom is 0.270 e. The average Bonchev–Trinajstić information content (AvgIpc) is 3.22. The number of thiophene rings is 1. The van der Waals surface area contributed by atoms with Gasteiger partial charge in [-0.1, -0.05) is 18.9 Å². The molecular weight excluding hydrogens is 314 g/mol. The fourth-order valence-corrected chi connectivity index (χ4v) is 3.97. The Balaban J connectivity index is 1.76. The molecule has 0 fully saturated rings. The van der Waals surface area contributed by atoms with Gasteiger partial charge in [-0.3, -0.25) is 14.4 Å². The van der Waals surface area contributed by atoms with Crippen molar-refractivity contribution < 1.29 is 4.79 Å². The molecule has 1 amide bonds. The van der Waals surface area contributed by atoms with Crippen LogP contribution < -0.4 is 4.90 Å². The summed E-state index contributed by atoms with van der Waals surface area (Å²) in [7, 11) is 1.92. The number of tetrazole rings is 1. The fraction of sp³-hybridized carbons (Fsp3) is 0.500. The van der Waals surface area contributed by atoms with Gasteiger partial charge < -0.3 is 0 Å². The molecule has 1 aliphatic rings. The van der Waals surface area contributed by atoms with Crippen LogP contribution in [0.5, 0.6) is 0 Å². The van der Waals surface area contributed by atoms with Crippen molar-refractivity contribution in [1.29, 1.82) is 0 Å². The van der Waals surface area contributed by atoms with Gasteiger partial charge in [-0.25, -0.2) is 4.68 Å². The van der Waals surface area contributed by atoms with Gasteiger partial charge in [0.25, 0.3) is 11.9 Å². The highest BCUT2D eigenvalue weighted by Crippen LogP contribution is 2.33. The largest absolute Gasteiger partial charge is 0.275 e. The molecule has 9 heteroatoms. The van der Waals surface area contributed by atoms with Crippen LogP contribution in [0.3, 0.4) is 0 Å². The van der Waals surface area contributed by atoms with Crippen LogP contribution in [0.1, 0.15) is 41.6 Å². The van der Waals surface area contributed by atoms with Crippen LogP contribution in [0.25, 0.3) is 10.2 Å². The zero-order valence-electron chi connectivity index (χ0n) is 13.2. The van der Waals surface area contributed by atoms with Crippen LogP contribution in [0.2, 0.25) is 0 Å². The van der Waals surface area contributed by atoms with Gasteiger partial charge in [0.05, 0.1) is 10.6 Å². The van der Waals surface area contributed by atoms with Crippen LogP contribution in [-0.4, -0.2) is 42.4 Å². The van der Waals surface area contributed by atoms with Gasteiger partial charge in [0.1, 0.15) is 4.83 Å². The minimum absolute atomic E-state index is 0.0448. The number of anilines is 1. The lowest BCUT2D eigenvalue weighted by Gasteiger charge is -2.24.